The summed E-state index contributed by atoms with van der Waals surface area (Å²) in [5, 5.41) is 2.15. The van der Waals surface area contributed by atoms with Crippen LogP contribution in [0.2, 0.25) is 0 Å². The molecule has 0 bridgehead atoms. The number of hydrogen-bond acceptors (Lipinski definition) is 3. The second-order valence-electron chi connectivity index (χ2n) is 4.25. The lowest BCUT2D eigenvalue weighted by Gasteiger charge is -2.14. The molecule has 0 aromatic carbocycles. The van der Waals surface area contributed by atoms with E-state index in [-0.39, 0.29) is 0 Å². The molecule has 90 valence electrons. The van der Waals surface area contributed by atoms with Crippen molar-refractivity contribution in [3.05, 3.63) is 0 Å². The van der Waals surface area contributed by atoms with Gasteiger partial charge < -0.3 is 0 Å². The first-order valence-electron chi connectivity index (χ1n) is 6.35. The molecular weight excluding hydrogens is 206 g/mol. The van der Waals surface area contributed by atoms with Crippen molar-refractivity contribution < 1.29 is 4.84 Å². The third-order valence-corrected chi connectivity index (χ3v) is 4.05. The highest BCUT2D eigenvalue weighted by Crippen LogP contribution is 2.22. The number of unbranched alkanes of at least 4 members (excludes halogenated alkanes) is 3. The van der Waals surface area contributed by atoms with Gasteiger partial charge in [-0.2, -0.15) is 16.8 Å². The Morgan fingerprint density at radius 1 is 1.20 bits per heavy atom. The molecule has 2 atom stereocenters. The maximum absolute atomic E-state index is 5.28. The largest absolute Gasteiger partial charge is 0.278 e. The number of hydroxylamine groups is 2. The predicted molar refractivity (Wildman–Crippen MR) is 68.0 cm³/mol. The van der Waals surface area contributed by atoms with Crippen molar-refractivity contribution in [1.29, 1.82) is 0 Å². The highest BCUT2D eigenvalue weighted by molar-refractivity contribution is 7.99. The first-order chi connectivity index (χ1) is 7.38. The van der Waals surface area contributed by atoms with Crippen LogP contribution >= 0.6 is 11.8 Å². The number of rotatable bonds is 10. The van der Waals surface area contributed by atoms with Gasteiger partial charge in [0, 0.05) is 11.8 Å². The molecule has 1 heterocycles. The Balaban J connectivity index is 2.02. The fraction of sp³-hybridized carbons (Fsp3) is 1.00. The minimum absolute atomic E-state index is 0.679. The standard InChI is InChI=1S/C12H25NOS/c1-3-5-6-7-8-12(13-11-14-13)10-15-9-4-2/h12H,3-11H2,1-2H3. The van der Waals surface area contributed by atoms with Crippen LogP contribution in [0.4, 0.5) is 0 Å². The van der Waals surface area contributed by atoms with E-state index in [1.165, 1.54) is 50.0 Å². The molecule has 0 radical (unpaired) electrons. The lowest BCUT2D eigenvalue weighted by atomic mass is 10.1. The summed E-state index contributed by atoms with van der Waals surface area (Å²) < 4.78 is 0. The Hall–Kier alpha value is 0.270. The van der Waals surface area contributed by atoms with Gasteiger partial charge in [0.25, 0.3) is 0 Å². The smallest absolute Gasteiger partial charge is 0.144 e. The van der Waals surface area contributed by atoms with Crippen molar-refractivity contribution in [2.45, 2.75) is 58.4 Å². The maximum Gasteiger partial charge on any atom is 0.144 e. The van der Waals surface area contributed by atoms with E-state index in [1.54, 1.807) is 0 Å². The summed E-state index contributed by atoms with van der Waals surface area (Å²) in [6.07, 6.45) is 8.07. The molecule has 1 rings (SSSR count). The molecule has 1 fully saturated rings. The van der Waals surface area contributed by atoms with E-state index in [9.17, 15) is 0 Å². The van der Waals surface area contributed by atoms with Crippen LogP contribution in [0, 0.1) is 0 Å². The molecular formula is C12H25NOS. The third kappa shape index (κ3) is 6.44. The number of thioether (sulfide) groups is 1. The summed E-state index contributed by atoms with van der Waals surface area (Å²) >= 11 is 2.07. The SMILES string of the molecule is CCCCCCC(CSCCC)N1CO1. The molecule has 0 amide bonds. The van der Waals surface area contributed by atoms with Gasteiger partial charge in [-0.3, -0.25) is 4.84 Å². The van der Waals surface area contributed by atoms with Gasteiger partial charge in [0.15, 0.2) is 0 Å². The number of nitrogens with zero attached hydrogens (tertiary/aromatic N) is 1. The zero-order valence-electron chi connectivity index (χ0n) is 10.2. The highest BCUT2D eigenvalue weighted by atomic mass is 32.2. The average molecular weight is 231 g/mol. The van der Waals surface area contributed by atoms with Crippen LogP contribution in [-0.4, -0.2) is 29.3 Å². The summed E-state index contributed by atoms with van der Waals surface area (Å²) in [5.41, 5.74) is 0. The van der Waals surface area contributed by atoms with E-state index in [2.05, 4.69) is 30.7 Å². The molecule has 0 N–H and O–H groups in total. The van der Waals surface area contributed by atoms with E-state index in [0.29, 0.717) is 6.04 Å². The minimum atomic E-state index is 0.679. The van der Waals surface area contributed by atoms with Gasteiger partial charge in [0.05, 0.1) is 0 Å². The van der Waals surface area contributed by atoms with Crippen LogP contribution in [0.15, 0.2) is 0 Å². The molecule has 1 aliphatic heterocycles. The molecule has 2 unspecified atom stereocenters. The lowest BCUT2D eigenvalue weighted by molar-refractivity contribution is 0.150. The fourth-order valence-electron chi connectivity index (χ4n) is 1.73. The van der Waals surface area contributed by atoms with E-state index in [4.69, 9.17) is 4.84 Å². The summed E-state index contributed by atoms with van der Waals surface area (Å²) in [6, 6.07) is 0.679. The maximum atomic E-state index is 5.28. The van der Waals surface area contributed by atoms with E-state index in [0.717, 1.165) is 6.73 Å². The van der Waals surface area contributed by atoms with Crippen LogP contribution in [0.5, 0.6) is 0 Å². The van der Waals surface area contributed by atoms with Gasteiger partial charge >= 0.3 is 0 Å². The summed E-state index contributed by atoms with van der Waals surface area (Å²) in [4.78, 5) is 5.28. The Labute approximate surface area is 98.7 Å². The summed E-state index contributed by atoms with van der Waals surface area (Å²) in [6.45, 7) is 5.38. The highest BCUT2D eigenvalue weighted by Gasteiger charge is 2.28. The lowest BCUT2D eigenvalue weighted by Crippen LogP contribution is -2.21. The van der Waals surface area contributed by atoms with E-state index in [1.807, 2.05) is 0 Å². The Morgan fingerprint density at radius 2 is 2.00 bits per heavy atom. The first-order valence-corrected chi connectivity index (χ1v) is 7.51. The van der Waals surface area contributed by atoms with Crippen molar-refractivity contribution in [3.63, 3.8) is 0 Å². The van der Waals surface area contributed by atoms with Crippen LogP contribution in [-0.2, 0) is 4.84 Å². The van der Waals surface area contributed by atoms with E-state index >= 15 is 0 Å². The van der Waals surface area contributed by atoms with Gasteiger partial charge in [-0.15, -0.1) is 0 Å². The molecule has 15 heavy (non-hydrogen) atoms. The van der Waals surface area contributed by atoms with Crippen LogP contribution in [0.3, 0.4) is 0 Å². The Bertz CT molecular complexity index is 151. The van der Waals surface area contributed by atoms with Crippen LogP contribution in [0.25, 0.3) is 0 Å². The molecule has 0 spiro atoms. The summed E-state index contributed by atoms with van der Waals surface area (Å²) in [7, 11) is 0. The minimum Gasteiger partial charge on any atom is -0.278 e. The van der Waals surface area contributed by atoms with E-state index < -0.39 is 0 Å². The molecule has 0 aliphatic carbocycles. The molecule has 0 aromatic rings. The van der Waals surface area contributed by atoms with Gasteiger partial charge in [-0.1, -0.05) is 39.5 Å². The fourth-order valence-corrected chi connectivity index (χ4v) is 2.79. The third-order valence-electron chi connectivity index (χ3n) is 2.74. The van der Waals surface area contributed by atoms with Gasteiger partial charge in [0.1, 0.15) is 6.73 Å². The Kier molecular flexibility index (Phi) is 7.49. The monoisotopic (exact) mass is 231 g/mol. The van der Waals surface area contributed by atoms with Gasteiger partial charge in [-0.05, 0) is 18.6 Å². The topological polar surface area (TPSA) is 15.5 Å². The molecule has 3 heteroatoms. The van der Waals surface area contributed by atoms with Crippen LogP contribution in [0.1, 0.15) is 52.4 Å². The van der Waals surface area contributed by atoms with Gasteiger partial charge in [-0.25, -0.2) is 0 Å². The van der Waals surface area contributed by atoms with Crippen molar-refractivity contribution >= 4 is 11.8 Å². The second-order valence-corrected chi connectivity index (χ2v) is 5.40. The normalized spacial score (nSPS) is 21.6. The molecule has 0 aromatic heterocycles. The molecule has 2 nitrogen and oxygen atoms in total. The quantitative estimate of drug-likeness (QED) is 0.421. The van der Waals surface area contributed by atoms with Crippen molar-refractivity contribution in [2.75, 3.05) is 18.2 Å². The molecule has 1 aliphatic rings. The zero-order chi connectivity index (χ0) is 10.9. The zero-order valence-corrected chi connectivity index (χ0v) is 11.0. The molecule has 1 saturated heterocycles. The van der Waals surface area contributed by atoms with Crippen LogP contribution < -0.4 is 0 Å². The summed E-state index contributed by atoms with van der Waals surface area (Å²) in [5.74, 6) is 2.54. The first kappa shape index (κ1) is 13.3. The number of hydrogen-bond donors (Lipinski definition) is 0. The predicted octanol–water partition coefficient (Wildman–Crippen LogP) is 3.67. The van der Waals surface area contributed by atoms with Crippen molar-refractivity contribution in [3.8, 4) is 0 Å². The average Bonchev–Trinajstić information content (AvgIpc) is 3.05. The Morgan fingerprint density at radius 3 is 2.60 bits per heavy atom. The van der Waals surface area contributed by atoms with Gasteiger partial charge in [0.2, 0.25) is 0 Å². The second kappa shape index (κ2) is 8.43. The molecule has 0 saturated carbocycles. The van der Waals surface area contributed by atoms with Crippen molar-refractivity contribution in [2.24, 2.45) is 0 Å². The van der Waals surface area contributed by atoms with Crippen molar-refractivity contribution in [1.82, 2.24) is 5.06 Å².